The molecule has 2 heteroatoms. The zero-order chi connectivity index (χ0) is 10.9. The van der Waals surface area contributed by atoms with E-state index in [2.05, 4.69) is 13.8 Å². The van der Waals surface area contributed by atoms with Crippen LogP contribution in [0.5, 0.6) is 0 Å². The zero-order valence-electron chi connectivity index (χ0n) is 9.45. The van der Waals surface area contributed by atoms with Crippen molar-refractivity contribution in [1.82, 2.24) is 0 Å². The molecule has 1 aliphatic carbocycles. The number of carbonyl (C=O) groups excluding carboxylic acids is 1. The molecule has 15 heavy (non-hydrogen) atoms. The highest BCUT2D eigenvalue weighted by atomic mass is 32.1. The largest absolute Gasteiger partial charge is 0.294 e. The Bertz CT molecular complexity index is 327. The van der Waals surface area contributed by atoms with Crippen LogP contribution in [0, 0.1) is 11.3 Å². The average molecular weight is 222 g/mol. The first-order valence-corrected chi connectivity index (χ1v) is 6.59. The molecule has 0 radical (unpaired) electrons. The Kier molecular flexibility index (Phi) is 2.96. The van der Waals surface area contributed by atoms with E-state index in [1.54, 1.807) is 11.3 Å². The summed E-state index contributed by atoms with van der Waals surface area (Å²) in [5.74, 6) is 0.652. The van der Waals surface area contributed by atoms with Crippen LogP contribution in [0.4, 0.5) is 0 Å². The minimum atomic E-state index is 0.285. The summed E-state index contributed by atoms with van der Waals surface area (Å²) in [6.45, 7) is 4.61. The average Bonchev–Trinajstić information content (AvgIpc) is 2.69. The molecule has 0 unspecified atom stereocenters. The highest BCUT2D eigenvalue weighted by molar-refractivity contribution is 7.08. The van der Waals surface area contributed by atoms with Crippen LogP contribution in [-0.2, 0) is 0 Å². The molecule has 0 bridgehead atoms. The van der Waals surface area contributed by atoms with Gasteiger partial charge in [0.15, 0.2) is 5.78 Å². The number of carbonyl (C=O) groups is 1. The van der Waals surface area contributed by atoms with Crippen molar-refractivity contribution in [3.63, 3.8) is 0 Å². The van der Waals surface area contributed by atoms with Gasteiger partial charge in [-0.2, -0.15) is 11.3 Å². The fourth-order valence-corrected chi connectivity index (χ4v) is 2.95. The number of Topliss-reactive ketones (excluding diaryl/α,β-unsaturated/α-hetero) is 1. The fourth-order valence-electron chi connectivity index (χ4n) is 2.30. The standard InChI is InChI=1S/C13H18OS/c1-13(2)6-3-10(4-7-13)12(14)11-5-8-15-9-11/h5,8-10H,3-4,6-7H2,1-2H3. The molecule has 0 amide bonds. The minimum Gasteiger partial charge on any atom is -0.294 e. The highest BCUT2D eigenvalue weighted by Crippen LogP contribution is 2.39. The molecule has 2 rings (SSSR count). The zero-order valence-corrected chi connectivity index (χ0v) is 10.3. The molecule has 0 atom stereocenters. The van der Waals surface area contributed by atoms with Gasteiger partial charge in [-0.15, -0.1) is 0 Å². The molecule has 0 N–H and O–H groups in total. The van der Waals surface area contributed by atoms with Crippen LogP contribution in [-0.4, -0.2) is 5.78 Å². The quantitative estimate of drug-likeness (QED) is 0.687. The third-order valence-electron chi connectivity index (χ3n) is 3.52. The third-order valence-corrected chi connectivity index (χ3v) is 4.20. The Morgan fingerprint density at radius 2 is 2.07 bits per heavy atom. The summed E-state index contributed by atoms with van der Waals surface area (Å²) in [6, 6.07) is 1.95. The van der Waals surface area contributed by atoms with Crippen LogP contribution in [0.3, 0.4) is 0 Å². The van der Waals surface area contributed by atoms with Crippen LogP contribution in [0.25, 0.3) is 0 Å². The van der Waals surface area contributed by atoms with Gasteiger partial charge in [-0.1, -0.05) is 13.8 Å². The predicted molar refractivity (Wildman–Crippen MR) is 64.4 cm³/mol. The van der Waals surface area contributed by atoms with Crippen LogP contribution >= 0.6 is 11.3 Å². The van der Waals surface area contributed by atoms with E-state index in [1.165, 1.54) is 12.8 Å². The summed E-state index contributed by atoms with van der Waals surface area (Å²) in [6.07, 6.45) is 4.52. The van der Waals surface area contributed by atoms with E-state index in [-0.39, 0.29) is 5.92 Å². The van der Waals surface area contributed by atoms with Gasteiger partial charge in [0.05, 0.1) is 0 Å². The highest BCUT2D eigenvalue weighted by Gasteiger charge is 2.30. The maximum atomic E-state index is 12.1. The molecule has 1 aromatic rings. The van der Waals surface area contributed by atoms with Crippen LogP contribution < -0.4 is 0 Å². The second-order valence-corrected chi connectivity index (χ2v) is 6.09. The molecule has 1 heterocycles. The number of ketones is 1. The summed E-state index contributed by atoms with van der Waals surface area (Å²) in [4.78, 5) is 12.1. The fraction of sp³-hybridized carbons (Fsp3) is 0.615. The van der Waals surface area contributed by atoms with Crippen molar-refractivity contribution in [3.05, 3.63) is 22.4 Å². The molecule has 82 valence electrons. The number of hydrogen-bond donors (Lipinski definition) is 0. The molecule has 1 nitrogen and oxygen atoms in total. The van der Waals surface area contributed by atoms with Gasteiger partial charge < -0.3 is 0 Å². The second kappa shape index (κ2) is 4.09. The van der Waals surface area contributed by atoms with Gasteiger partial charge in [-0.25, -0.2) is 0 Å². The minimum absolute atomic E-state index is 0.285. The topological polar surface area (TPSA) is 17.1 Å². The summed E-state index contributed by atoms with van der Waals surface area (Å²) in [7, 11) is 0. The van der Waals surface area contributed by atoms with E-state index in [0.29, 0.717) is 11.2 Å². The van der Waals surface area contributed by atoms with Gasteiger partial charge in [0.25, 0.3) is 0 Å². The molecule has 1 aliphatic rings. The van der Waals surface area contributed by atoms with Crippen LogP contribution in [0.2, 0.25) is 0 Å². The van der Waals surface area contributed by atoms with Gasteiger partial charge in [-0.3, -0.25) is 4.79 Å². The summed E-state index contributed by atoms with van der Waals surface area (Å²) in [5.41, 5.74) is 1.37. The van der Waals surface area contributed by atoms with Gasteiger partial charge in [0, 0.05) is 16.9 Å². The Morgan fingerprint density at radius 1 is 1.40 bits per heavy atom. The van der Waals surface area contributed by atoms with Crippen molar-refractivity contribution in [2.45, 2.75) is 39.5 Å². The second-order valence-electron chi connectivity index (χ2n) is 5.31. The number of hydrogen-bond acceptors (Lipinski definition) is 2. The summed E-state index contributed by atoms with van der Waals surface area (Å²) < 4.78 is 0. The van der Waals surface area contributed by atoms with Crippen molar-refractivity contribution in [3.8, 4) is 0 Å². The van der Waals surface area contributed by atoms with E-state index in [4.69, 9.17) is 0 Å². The smallest absolute Gasteiger partial charge is 0.166 e. The lowest BCUT2D eigenvalue weighted by atomic mass is 9.71. The monoisotopic (exact) mass is 222 g/mol. The summed E-state index contributed by atoms with van der Waals surface area (Å²) >= 11 is 1.61. The van der Waals surface area contributed by atoms with E-state index in [1.807, 2.05) is 16.8 Å². The molecule has 1 saturated carbocycles. The van der Waals surface area contributed by atoms with E-state index >= 15 is 0 Å². The van der Waals surface area contributed by atoms with Gasteiger partial charge in [0.2, 0.25) is 0 Å². The van der Waals surface area contributed by atoms with Crippen molar-refractivity contribution < 1.29 is 4.79 Å². The van der Waals surface area contributed by atoms with Crippen molar-refractivity contribution in [2.75, 3.05) is 0 Å². The van der Waals surface area contributed by atoms with Gasteiger partial charge in [0.1, 0.15) is 0 Å². The normalized spacial score (nSPS) is 21.5. The van der Waals surface area contributed by atoms with Crippen LogP contribution in [0.1, 0.15) is 49.9 Å². The third kappa shape index (κ3) is 2.49. The van der Waals surface area contributed by atoms with E-state index < -0.39 is 0 Å². The van der Waals surface area contributed by atoms with Crippen molar-refractivity contribution in [2.24, 2.45) is 11.3 Å². The molecule has 0 aliphatic heterocycles. The number of thiophene rings is 1. The first kappa shape index (κ1) is 10.9. The molecular formula is C13H18OS. The van der Waals surface area contributed by atoms with Gasteiger partial charge in [-0.05, 0) is 42.5 Å². The molecule has 1 fully saturated rings. The SMILES string of the molecule is CC1(C)CCC(C(=O)c2ccsc2)CC1. The molecule has 0 spiro atoms. The lowest BCUT2D eigenvalue weighted by molar-refractivity contribution is 0.0838. The Hall–Kier alpha value is -0.630. The number of rotatable bonds is 2. The van der Waals surface area contributed by atoms with E-state index in [0.717, 1.165) is 18.4 Å². The molecular weight excluding hydrogens is 204 g/mol. The maximum absolute atomic E-state index is 12.1. The van der Waals surface area contributed by atoms with Crippen LogP contribution in [0.15, 0.2) is 16.8 Å². The lowest BCUT2D eigenvalue weighted by Gasteiger charge is -2.33. The Balaban J connectivity index is 2.00. The first-order valence-electron chi connectivity index (χ1n) is 5.65. The Morgan fingerprint density at radius 3 is 2.60 bits per heavy atom. The predicted octanol–water partition coefficient (Wildman–Crippen LogP) is 4.15. The van der Waals surface area contributed by atoms with Crippen molar-refractivity contribution in [1.29, 1.82) is 0 Å². The van der Waals surface area contributed by atoms with Gasteiger partial charge >= 0.3 is 0 Å². The van der Waals surface area contributed by atoms with Crippen molar-refractivity contribution >= 4 is 17.1 Å². The maximum Gasteiger partial charge on any atom is 0.166 e. The van der Waals surface area contributed by atoms with E-state index in [9.17, 15) is 4.79 Å². The molecule has 0 saturated heterocycles. The molecule has 0 aromatic carbocycles. The summed E-state index contributed by atoms with van der Waals surface area (Å²) in [5, 5.41) is 3.96. The Labute approximate surface area is 95.5 Å². The lowest BCUT2D eigenvalue weighted by Crippen LogP contribution is -2.26. The first-order chi connectivity index (χ1) is 7.08. The molecule has 1 aromatic heterocycles.